The summed E-state index contributed by atoms with van der Waals surface area (Å²) in [5.74, 6) is 0. The highest BCUT2D eigenvalue weighted by molar-refractivity contribution is 6.36. The number of nitrogens with two attached hydrogens (primary N) is 2. The molecule has 2 aromatic rings. The highest BCUT2D eigenvalue weighted by atomic mass is 19.4. The largest absolute Gasteiger partial charge is 0.417 e. The van der Waals surface area contributed by atoms with Gasteiger partial charge in [-0.3, -0.25) is 0 Å². The topological polar surface area (TPSA) is 52.0 Å². The smallest absolute Gasteiger partial charge is 0.399 e. The SMILES string of the molecule is [B]c1cc(-c2cc(C)c(N)cc2C(F)(F)F)c(C(F)(F)F)cc1N. The summed E-state index contributed by atoms with van der Waals surface area (Å²) in [4.78, 5) is 0. The van der Waals surface area contributed by atoms with Gasteiger partial charge >= 0.3 is 12.4 Å². The average Bonchev–Trinajstić information content (AvgIpc) is 2.41. The van der Waals surface area contributed by atoms with Crippen LogP contribution in [0.3, 0.4) is 0 Å². The van der Waals surface area contributed by atoms with Gasteiger partial charge in [-0.2, -0.15) is 26.3 Å². The molecule has 0 aliphatic carbocycles. The Morgan fingerprint density at radius 1 is 0.750 bits per heavy atom. The first-order valence-electron chi connectivity index (χ1n) is 6.56. The predicted molar refractivity (Wildman–Crippen MR) is 80.8 cm³/mol. The average molecular weight is 344 g/mol. The van der Waals surface area contributed by atoms with Crippen molar-refractivity contribution >= 4 is 24.7 Å². The van der Waals surface area contributed by atoms with Gasteiger partial charge in [0.2, 0.25) is 0 Å². The summed E-state index contributed by atoms with van der Waals surface area (Å²) in [5.41, 5.74) is 6.32. The Hall–Kier alpha value is -2.32. The number of rotatable bonds is 1. The highest BCUT2D eigenvalue weighted by Gasteiger charge is 2.39. The molecule has 126 valence electrons. The van der Waals surface area contributed by atoms with Crippen molar-refractivity contribution in [1.29, 1.82) is 0 Å². The van der Waals surface area contributed by atoms with E-state index in [9.17, 15) is 26.3 Å². The molecular weight excluding hydrogens is 333 g/mol. The molecule has 4 N–H and O–H groups in total. The molecule has 0 aliphatic rings. The summed E-state index contributed by atoms with van der Waals surface area (Å²) in [6.45, 7) is 1.40. The molecule has 2 rings (SSSR count). The van der Waals surface area contributed by atoms with E-state index in [0.29, 0.717) is 12.1 Å². The van der Waals surface area contributed by atoms with Gasteiger partial charge < -0.3 is 11.5 Å². The second-order valence-electron chi connectivity index (χ2n) is 5.28. The Kier molecular flexibility index (Phi) is 4.24. The molecule has 0 atom stereocenters. The van der Waals surface area contributed by atoms with E-state index in [0.717, 1.165) is 12.1 Å². The normalized spacial score (nSPS) is 12.5. The lowest BCUT2D eigenvalue weighted by Gasteiger charge is -2.20. The van der Waals surface area contributed by atoms with Gasteiger partial charge in [0.25, 0.3) is 0 Å². The number of nitrogen functional groups attached to an aromatic ring is 2. The Balaban J connectivity index is 2.91. The van der Waals surface area contributed by atoms with Crippen molar-refractivity contribution in [2.24, 2.45) is 0 Å². The van der Waals surface area contributed by atoms with Crippen molar-refractivity contribution in [2.75, 3.05) is 11.5 Å². The number of hydrogen-bond acceptors (Lipinski definition) is 2. The molecule has 0 spiro atoms. The molecule has 0 amide bonds. The number of benzene rings is 2. The summed E-state index contributed by atoms with van der Waals surface area (Å²) < 4.78 is 79.5. The van der Waals surface area contributed by atoms with E-state index < -0.39 is 34.6 Å². The fraction of sp³-hybridized carbons (Fsp3) is 0.200. The second-order valence-corrected chi connectivity index (χ2v) is 5.28. The van der Waals surface area contributed by atoms with E-state index in [2.05, 4.69) is 0 Å². The van der Waals surface area contributed by atoms with Crippen molar-refractivity contribution in [3.05, 3.63) is 41.0 Å². The number of alkyl halides is 6. The van der Waals surface area contributed by atoms with Gasteiger partial charge in [-0.25, -0.2) is 0 Å². The van der Waals surface area contributed by atoms with Crippen LogP contribution in [0.5, 0.6) is 0 Å². The Morgan fingerprint density at radius 3 is 1.62 bits per heavy atom. The predicted octanol–water partition coefficient (Wildman–Crippen LogP) is 3.66. The monoisotopic (exact) mass is 344 g/mol. The molecule has 0 fully saturated rings. The summed E-state index contributed by atoms with van der Waals surface area (Å²) in [6, 6.07) is 2.88. The highest BCUT2D eigenvalue weighted by Crippen LogP contribution is 2.44. The molecular formula is C15H11BF6N2. The van der Waals surface area contributed by atoms with Crippen LogP contribution in [-0.2, 0) is 12.4 Å². The van der Waals surface area contributed by atoms with Gasteiger partial charge in [-0.15, -0.1) is 0 Å². The first-order valence-corrected chi connectivity index (χ1v) is 6.56. The van der Waals surface area contributed by atoms with Gasteiger partial charge in [-0.1, -0.05) is 11.5 Å². The fourth-order valence-corrected chi connectivity index (χ4v) is 2.27. The molecule has 9 heteroatoms. The zero-order valence-electron chi connectivity index (χ0n) is 12.3. The Bertz CT molecular complexity index is 729. The van der Waals surface area contributed by atoms with Crippen LogP contribution in [-0.4, -0.2) is 7.85 Å². The minimum absolute atomic E-state index is 0.178. The number of halogens is 6. The first-order chi connectivity index (χ1) is 10.8. The van der Waals surface area contributed by atoms with Gasteiger partial charge in [0.05, 0.1) is 11.1 Å². The van der Waals surface area contributed by atoms with Crippen LogP contribution < -0.4 is 16.9 Å². The van der Waals surface area contributed by atoms with Crippen molar-refractivity contribution in [2.45, 2.75) is 19.3 Å². The molecule has 2 aromatic carbocycles. The molecule has 0 unspecified atom stereocenters. The van der Waals surface area contributed by atoms with E-state index in [-0.39, 0.29) is 22.4 Å². The van der Waals surface area contributed by atoms with E-state index in [4.69, 9.17) is 19.3 Å². The van der Waals surface area contributed by atoms with Crippen molar-refractivity contribution in [3.8, 4) is 11.1 Å². The van der Waals surface area contributed by atoms with E-state index in [1.165, 1.54) is 6.92 Å². The van der Waals surface area contributed by atoms with E-state index >= 15 is 0 Å². The zero-order valence-corrected chi connectivity index (χ0v) is 12.3. The van der Waals surface area contributed by atoms with Gasteiger partial charge in [0.15, 0.2) is 0 Å². The molecule has 0 heterocycles. The number of aryl methyl sites for hydroxylation is 1. The quantitative estimate of drug-likeness (QED) is 0.471. The first kappa shape index (κ1) is 18.0. The van der Waals surface area contributed by atoms with Crippen LogP contribution in [0.2, 0.25) is 0 Å². The van der Waals surface area contributed by atoms with Crippen molar-refractivity contribution < 1.29 is 26.3 Å². The summed E-state index contributed by atoms with van der Waals surface area (Å²) in [6.07, 6.45) is -9.80. The lowest BCUT2D eigenvalue weighted by atomic mass is 9.85. The molecule has 0 aliphatic heterocycles. The van der Waals surface area contributed by atoms with Crippen LogP contribution in [0, 0.1) is 6.92 Å². The Labute approximate surface area is 134 Å². The van der Waals surface area contributed by atoms with Crippen LogP contribution in [0.1, 0.15) is 16.7 Å². The van der Waals surface area contributed by atoms with Crippen molar-refractivity contribution in [3.63, 3.8) is 0 Å². The maximum absolute atomic E-state index is 13.3. The van der Waals surface area contributed by atoms with Crippen molar-refractivity contribution in [1.82, 2.24) is 0 Å². The Morgan fingerprint density at radius 2 is 1.17 bits per heavy atom. The lowest BCUT2D eigenvalue weighted by molar-refractivity contribution is -0.139. The molecule has 0 saturated carbocycles. The van der Waals surface area contributed by atoms with E-state index in [1.807, 2.05) is 0 Å². The van der Waals surface area contributed by atoms with Crippen LogP contribution in [0.25, 0.3) is 11.1 Å². The van der Waals surface area contributed by atoms with Gasteiger partial charge in [-0.05, 0) is 41.8 Å². The standard InChI is InChI=1S/C15H11BF6N2/c1-6-2-7(9(4-12(6)23)14(17,18)19)8-3-11(16)13(24)5-10(8)15(20,21)22/h2-5H,23-24H2,1H3. The van der Waals surface area contributed by atoms with Crippen LogP contribution >= 0.6 is 0 Å². The minimum atomic E-state index is -4.91. The third-order valence-corrected chi connectivity index (χ3v) is 3.53. The second kappa shape index (κ2) is 5.64. The molecule has 0 saturated heterocycles. The van der Waals surface area contributed by atoms with Crippen LogP contribution in [0.15, 0.2) is 24.3 Å². The van der Waals surface area contributed by atoms with E-state index in [1.54, 1.807) is 0 Å². The summed E-state index contributed by atoms with van der Waals surface area (Å²) in [5, 5.41) is 0. The van der Waals surface area contributed by atoms with Crippen LogP contribution in [0.4, 0.5) is 37.7 Å². The summed E-state index contributed by atoms with van der Waals surface area (Å²) in [7, 11) is 5.50. The molecule has 2 radical (unpaired) electrons. The fourth-order valence-electron chi connectivity index (χ4n) is 2.27. The zero-order chi connectivity index (χ0) is 18.4. The molecule has 0 bridgehead atoms. The lowest BCUT2D eigenvalue weighted by Crippen LogP contribution is -2.17. The third kappa shape index (κ3) is 3.29. The number of anilines is 2. The van der Waals surface area contributed by atoms with Gasteiger partial charge in [0, 0.05) is 11.4 Å². The molecule has 0 aromatic heterocycles. The third-order valence-electron chi connectivity index (χ3n) is 3.53. The maximum Gasteiger partial charge on any atom is 0.417 e. The van der Waals surface area contributed by atoms with Gasteiger partial charge in [0.1, 0.15) is 7.85 Å². The molecule has 2 nitrogen and oxygen atoms in total. The number of hydrogen-bond donors (Lipinski definition) is 2. The maximum atomic E-state index is 13.3. The molecule has 24 heavy (non-hydrogen) atoms. The summed E-state index contributed by atoms with van der Waals surface area (Å²) >= 11 is 0. The minimum Gasteiger partial charge on any atom is -0.399 e.